The maximum absolute atomic E-state index is 11.6. The summed E-state index contributed by atoms with van der Waals surface area (Å²) in [5.41, 5.74) is 1.45. The summed E-state index contributed by atoms with van der Waals surface area (Å²) in [6.45, 7) is 6.70. The first-order chi connectivity index (χ1) is 11.1. The van der Waals surface area contributed by atoms with Gasteiger partial charge in [0.15, 0.2) is 11.6 Å². The lowest BCUT2D eigenvalue weighted by atomic mass is 10.0. The van der Waals surface area contributed by atoms with Crippen LogP contribution in [0, 0.1) is 6.92 Å². The van der Waals surface area contributed by atoms with Gasteiger partial charge in [0.05, 0.1) is 17.5 Å². The number of hydrogen-bond donors (Lipinski definition) is 0. The lowest BCUT2D eigenvalue weighted by Crippen LogP contribution is -2.39. The molecule has 6 nitrogen and oxygen atoms in total. The van der Waals surface area contributed by atoms with Crippen LogP contribution in [0.3, 0.4) is 0 Å². The molecule has 0 saturated carbocycles. The molecule has 0 spiro atoms. The SMILES string of the molecule is CC[C@@H]1CCCCN1c1cc(-n2ncc(C(C)=O)c2C)ncn1. The van der Waals surface area contributed by atoms with Crippen LogP contribution in [0.4, 0.5) is 5.82 Å². The maximum Gasteiger partial charge on any atom is 0.163 e. The molecule has 23 heavy (non-hydrogen) atoms. The number of nitrogens with zero attached hydrogens (tertiary/aromatic N) is 5. The zero-order valence-electron chi connectivity index (χ0n) is 14.0. The Bertz CT molecular complexity index is 709. The molecule has 0 amide bonds. The number of Topliss-reactive ketones (excluding diaryl/α,β-unsaturated/α-hetero) is 1. The average molecular weight is 313 g/mol. The molecule has 0 N–H and O–H groups in total. The number of carbonyl (C=O) groups is 1. The second kappa shape index (κ2) is 6.48. The highest BCUT2D eigenvalue weighted by molar-refractivity contribution is 5.95. The zero-order valence-corrected chi connectivity index (χ0v) is 14.0. The number of piperidine rings is 1. The molecular formula is C17H23N5O. The third-order valence-corrected chi connectivity index (χ3v) is 4.64. The molecule has 1 fully saturated rings. The van der Waals surface area contributed by atoms with Gasteiger partial charge in [-0.3, -0.25) is 4.79 Å². The Hall–Kier alpha value is -2.24. The third kappa shape index (κ3) is 2.98. The molecule has 1 saturated heterocycles. The molecule has 1 aliphatic rings. The molecule has 2 aromatic heterocycles. The van der Waals surface area contributed by atoms with Crippen molar-refractivity contribution in [2.75, 3.05) is 11.4 Å². The highest BCUT2D eigenvalue weighted by Crippen LogP contribution is 2.26. The number of carbonyl (C=O) groups excluding carboxylic acids is 1. The minimum Gasteiger partial charge on any atom is -0.353 e. The van der Waals surface area contributed by atoms with Gasteiger partial charge >= 0.3 is 0 Å². The Labute approximate surface area is 136 Å². The molecule has 2 aromatic rings. The van der Waals surface area contributed by atoms with Crippen molar-refractivity contribution >= 4 is 11.6 Å². The van der Waals surface area contributed by atoms with E-state index in [-0.39, 0.29) is 5.78 Å². The minimum atomic E-state index is 0.0186. The van der Waals surface area contributed by atoms with Gasteiger partial charge in [0.2, 0.25) is 0 Å². The summed E-state index contributed by atoms with van der Waals surface area (Å²) >= 11 is 0. The van der Waals surface area contributed by atoms with Crippen LogP contribution in [0.5, 0.6) is 0 Å². The second-order valence-electron chi connectivity index (χ2n) is 6.10. The summed E-state index contributed by atoms with van der Waals surface area (Å²) in [6.07, 6.45) is 8.01. The molecule has 6 heteroatoms. The van der Waals surface area contributed by atoms with E-state index in [0.717, 1.165) is 24.5 Å². The third-order valence-electron chi connectivity index (χ3n) is 4.64. The van der Waals surface area contributed by atoms with Crippen LogP contribution in [0.25, 0.3) is 5.82 Å². The molecule has 0 aromatic carbocycles. The summed E-state index contributed by atoms with van der Waals surface area (Å²) in [7, 11) is 0. The number of aromatic nitrogens is 4. The van der Waals surface area contributed by atoms with Gasteiger partial charge < -0.3 is 4.90 Å². The highest BCUT2D eigenvalue weighted by atomic mass is 16.1. The summed E-state index contributed by atoms with van der Waals surface area (Å²) in [4.78, 5) is 22.8. The van der Waals surface area contributed by atoms with E-state index in [4.69, 9.17) is 0 Å². The molecule has 3 heterocycles. The smallest absolute Gasteiger partial charge is 0.163 e. The number of hydrogen-bond acceptors (Lipinski definition) is 5. The van der Waals surface area contributed by atoms with Crippen molar-refractivity contribution in [3.63, 3.8) is 0 Å². The van der Waals surface area contributed by atoms with E-state index in [2.05, 4.69) is 26.9 Å². The van der Waals surface area contributed by atoms with Gasteiger partial charge in [-0.25, -0.2) is 14.6 Å². The Kier molecular flexibility index (Phi) is 4.41. The van der Waals surface area contributed by atoms with Gasteiger partial charge in [0, 0.05) is 18.7 Å². The van der Waals surface area contributed by atoms with E-state index in [1.54, 1.807) is 24.1 Å². The quantitative estimate of drug-likeness (QED) is 0.812. The van der Waals surface area contributed by atoms with Gasteiger partial charge in [0.1, 0.15) is 12.1 Å². The van der Waals surface area contributed by atoms with Crippen LogP contribution in [0.15, 0.2) is 18.6 Å². The second-order valence-corrected chi connectivity index (χ2v) is 6.10. The van der Waals surface area contributed by atoms with Crippen molar-refractivity contribution in [3.05, 3.63) is 29.8 Å². The minimum absolute atomic E-state index is 0.0186. The predicted octanol–water partition coefficient (Wildman–Crippen LogP) is 2.94. The summed E-state index contributed by atoms with van der Waals surface area (Å²) in [6, 6.07) is 2.51. The fourth-order valence-corrected chi connectivity index (χ4v) is 3.32. The van der Waals surface area contributed by atoms with Crippen molar-refractivity contribution in [2.45, 2.75) is 52.5 Å². The van der Waals surface area contributed by atoms with E-state index >= 15 is 0 Å². The van der Waals surface area contributed by atoms with Crippen molar-refractivity contribution in [3.8, 4) is 5.82 Å². The van der Waals surface area contributed by atoms with E-state index in [9.17, 15) is 4.79 Å². The first kappa shape index (κ1) is 15.6. The van der Waals surface area contributed by atoms with Crippen LogP contribution < -0.4 is 4.90 Å². The molecule has 0 unspecified atom stereocenters. The summed E-state index contributed by atoms with van der Waals surface area (Å²) in [5.74, 6) is 1.67. The van der Waals surface area contributed by atoms with E-state index in [0.29, 0.717) is 17.4 Å². The highest BCUT2D eigenvalue weighted by Gasteiger charge is 2.23. The Balaban J connectivity index is 1.95. The van der Waals surface area contributed by atoms with Gasteiger partial charge in [0.25, 0.3) is 0 Å². The van der Waals surface area contributed by atoms with Crippen molar-refractivity contribution in [1.29, 1.82) is 0 Å². The summed E-state index contributed by atoms with van der Waals surface area (Å²) in [5, 5.41) is 4.32. The van der Waals surface area contributed by atoms with Gasteiger partial charge in [-0.15, -0.1) is 0 Å². The molecule has 122 valence electrons. The first-order valence-electron chi connectivity index (χ1n) is 8.26. The number of anilines is 1. The van der Waals surface area contributed by atoms with Crippen LogP contribution in [0.1, 0.15) is 55.6 Å². The molecule has 3 rings (SSSR count). The Morgan fingerprint density at radius 3 is 2.78 bits per heavy atom. The normalized spacial score (nSPS) is 18.2. The Morgan fingerprint density at radius 2 is 2.09 bits per heavy atom. The molecule has 0 bridgehead atoms. The molecule has 0 radical (unpaired) electrons. The Morgan fingerprint density at radius 1 is 1.30 bits per heavy atom. The van der Waals surface area contributed by atoms with Gasteiger partial charge in [-0.2, -0.15) is 5.10 Å². The fourth-order valence-electron chi connectivity index (χ4n) is 3.32. The van der Waals surface area contributed by atoms with E-state index < -0.39 is 0 Å². The average Bonchev–Trinajstić information content (AvgIpc) is 2.96. The zero-order chi connectivity index (χ0) is 16.4. The van der Waals surface area contributed by atoms with Crippen molar-refractivity contribution in [2.24, 2.45) is 0 Å². The predicted molar refractivity (Wildman–Crippen MR) is 89.2 cm³/mol. The van der Waals surface area contributed by atoms with Crippen molar-refractivity contribution in [1.82, 2.24) is 19.7 Å². The van der Waals surface area contributed by atoms with Gasteiger partial charge in [-0.05, 0) is 39.5 Å². The van der Waals surface area contributed by atoms with Gasteiger partial charge in [-0.1, -0.05) is 6.92 Å². The maximum atomic E-state index is 11.6. The topological polar surface area (TPSA) is 63.9 Å². The standard InChI is InChI=1S/C17H23N5O/c1-4-14-7-5-6-8-21(14)16-9-17(19-11-18-16)22-12(2)15(10-20-22)13(3)23/h9-11,14H,4-8H2,1-3H3/t14-/m1/s1. The molecule has 1 atom stereocenters. The molecule has 0 aliphatic carbocycles. The lowest BCUT2D eigenvalue weighted by Gasteiger charge is -2.36. The van der Waals surface area contributed by atoms with Crippen LogP contribution in [-0.2, 0) is 0 Å². The molecule has 1 aliphatic heterocycles. The fraction of sp³-hybridized carbons (Fsp3) is 0.529. The van der Waals surface area contributed by atoms with E-state index in [1.165, 1.54) is 19.3 Å². The van der Waals surface area contributed by atoms with E-state index in [1.807, 2.05) is 13.0 Å². The van der Waals surface area contributed by atoms with Crippen LogP contribution in [0.2, 0.25) is 0 Å². The first-order valence-corrected chi connectivity index (χ1v) is 8.26. The number of rotatable bonds is 4. The van der Waals surface area contributed by atoms with Crippen LogP contribution >= 0.6 is 0 Å². The summed E-state index contributed by atoms with van der Waals surface area (Å²) < 4.78 is 1.72. The number of ketones is 1. The van der Waals surface area contributed by atoms with Crippen molar-refractivity contribution < 1.29 is 4.79 Å². The monoisotopic (exact) mass is 313 g/mol. The molecular weight excluding hydrogens is 290 g/mol. The lowest BCUT2D eigenvalue weighted by molar-refractivity contribution is 0.101. The largest absolute Gasteiger partial charge is 0.353 e. The van der Waals surface area contributed by atoms with Crippen LogP contribution in [-0.4, -0.2) is 38.1 Å².